The summed E-state index contributed by atoms with van der Waals surface area (Å²) in [6, 6.07) is 0.130. The van der Waals surface area contributed by atoms with Crippen LogP contribution in [0.15, 0.2) is 0 Å². The summed E-state index contributed by atoms with van der Waals surface area (Å²) in [5.74, 6) is 0.194. The standard InChI is InChI=1S/C9H20N2O3S/c1-14-7-3-6-11-15(12,13)8-9-4-2-5-10-9/h9-11H,2-8H2,1H3. The number of sulfonamides is 1. The molecule has 0 amide bonds. The van der Waals surface area contributed by atoms with E-state index in [1.165, 1.54) is 0 Å². The van der Waals surface area contributed by atoms with E-state index in [-0.39, 0.29) is 11.8 Å². The predicted molar refractivity (Wildman–Crippen MR) is 59.3 cm³/mol. The van der Waals surface area contributed by atoms with Crippen molar-refractivity contribution in [3.63, 3.8) is 0 Å². The first kappa shape index (κ1) is 12.9. The van der Waals surface area contributed by atoms with Gasteiger partial charge in [-0.3, -0.25) is 0 Å². The Morgan fingerprint density at radius 1 is 1.53 bits per heavy atom. The highest BCUT2D eigenvalue weighted by molar-refractivity contribution is 7.89. The molecule has 0 aliphatic carbocycles. The lowest BCUT2D eigenvalue weighted by molar-refractivity contribution is 0.196. The van der Waals surface area contributed by atoms with Gasteiger partial charge in [0.1, 0.15) is 0 Å². The number of rotatable bonds is 7. The van der Waals surface area contributed by atoms with Gasteiger partial charge in [0.15, 0.2) is 0 Å². The minimum atomic E-state index is -3.11. The first-order valence-corrected chi connectivity index (χ1v) is 6.99. The fraction of sp³-hybridized carbons (Fsp3) is 1.00. The van der Waals surface area contributed by atoms with Crippen LogP contribution < -0.4 is 10.0 Å². The fourth-order valence-electron chi connectivity index (χ4n) is 1.67. The van der Waals surface area contributed by atoms with Gasteiger partial charge in [-0.25, -0.2) is 13.1 Å². The van der Waals surface area contributed by atoms with Gasteiger partial charge in [0.25, 0.3) is 0 Å². The molecule has 1 aliphatic heterocycles. The van der Waals surface area contributed by atoms with Crippen LogP contribution in [0.2, 0.25) is 0 Å². The Bertz CT molecular complexity index is 261. The third-order valence-corrected chi connectivity index (χ3v) is 3.92. The van der Waals surface area contributed by atoms with Crippen molar-refractivity contribution in [2.75, 3.05) is 32.6 Å². The molecule has 1 heterocycles. The first-order chi connectivity index (χ1) is 7.14. The van der Waals surface area contributed by atoms with Gasteiger partial charge in [-0.05, 0) is 25.8 Å². The molecule has 0 aromatic heterocycles. The first-order valence-electron chi connectivity index (χ1n) is 5.34. The van der Waals surface area contributed by atoms with E-state index >= 15 is 0 Å². The molecule has 1 saturated heterocycles. The summed E-state index contributed by atoms with van der Waals surface area (Å²) in [5, 5.41) is 3.17. The van der Waals surface area contributed by atoms with Crippen LogP contribution in [0.5, 0.6) is 0 Å². The highest BCUT2D eigenvalue weighted by Gasteiger charge is 2.21. The van der Waals surface area contributed by atoms with Crippen LogP contribution >= 0.6 is 0 Å². The van der Waals surface area contributed by atoms with Crippen LogP contribution in [-0.2, 0) is 14.8 Å². The van der Waals surface area contributed by atoms with Crippen molar-refractivity contribution in [1.29, 1.82) is 0 Å². The fourth-order valence-corrected chi connectivity index (χ4v) is 3.05. The normalized spacial score (nSPS) is 22.1. The summed E-state index contributed by atoms with van der Waals surface area (Å²) in [6.07, 6.45) is 2.75. The molecule has 6 heteroatoms. The van der Waals surface area contributed by atoms with Gasteiger partial charge in [0, 0.05) is 26.3 Å². The maximum absolute atomic E-state index is 11.6. The topological polar surface area (TPSA) is 67.4 Å². The quantitative estimate of drug-likeness (QED) is 0.595. The van der Waals surface area contributed by atoms with Crippen molar-refractivity contribution in [1.82, 2.24) is 10.0 Å². The summed E-state index contributed by atoms with van der Waals surface area (Å²) in [4.78, 5) is 0. The SMILES string of the molecule is COCCCNS(=O)(=O)CC1CCCN1. The predicted octanol–water partition coefficient (Wildman–Crippen LogP) is -0.306. The highest BCUT2D eigenvalue weighted by atomic mass is 32.2. The molecule has 1 aliphatic rings. The number of nitrogens with one attached hydrogen (secondary N) is 2. The molecule has 90 valence electrons. The van der Waals surface area contributed by atoms with E-state index in [9.17, 15) is 8.42 Å². The van der Waals surface area contributed by atoms with Crippen LogP contribution in [0.1, 0.15) is 19.3 Å². The summed E-state index contributed by atoms with van der Waals surface area (Å²) in [6.45, 7) is 1.98. The van der Waals surface area contributed by atoms with Crippen molar-refractivity contribution in [3.05, 3.63) is 0 Å². The maximum Gasteiger partial charge on any atom is 0.213 e. The minimum absolute atomic E-state index is 0.130. The average Bonchev–Trinajstić information content (AvgIpc) is 2.64. The van der Waals surface area contributed by atoms with Crippen molar-refractivity contribution in [2.24, 2.45) is 0 Å². The number of hydrogen-bond donors (Lipinski definition) is 2. The molecule has 0 aromatic carbocycles. The Morgan fingerprint density at radius 2 is 2.33 bits per heavy atom. The van der Waals surface area contributed by atoms with E-state index in [1.54, 1.807) is 7.11 Å². The Balaban J connectivity index is 2.19. The molecule has 1 fully saturated rings. The smallest absolute Gasteiger partial charge is 0.213 e. The van der Waals surface area contributed by atoms with E-state index in [1.807, 2.05) is 0 Å². The van der Waals surface area contributed by atoms with E-state index in [0.717, 1.165) is 19.4 Å². The van der Waals surface area contributed by atoms with E-state index in [2.05, 4.69) is 10.0 Å². The maximum atomic E-state index is 11.6. The number of methoxy groups -OCH3 is 1. The van der Waals surface area contributed by atoms with Crippen LogP contribution in [0.4, 0.5) is 0 Å². The van der Waals surface area contributed by atoms with Gasteiger partial charge in [0.05, 0.1) is 5.75 Å². The molecule has 1 unspecified atom stereocenters. The van der Waals surface area contributed by atoms with Crippen LogP contribution in [0, 0.1) is 0 Å². The second-order valence-electron chi connectivity index (χ2n) is 3.82. The molecule has 0 spiro atoms. The lowest BCUT2D eigenvalue weighted by Crippen LogP contribution is -2.37. The molecule has 0 bridgehead atoms. The third-order valence-electron chi connectivity index (χ3n) is 2.43. The minimum Gasteiger partial charge on any atom is -0.385 e. The third kappa shape index (κ3) is 5.46. The summed E-state index contributed by atoms with van der Waals surface area (Å²) in [7, 11) is -1.51. The highest BCUT2D eigenvalue weighted by Crippen LogP contribution is 2.06. The van der Waals surface area contributed by atoms with Crippen molar-refractivity contribution < 1.29 is 13.2 Å². The average molecular weight is 236 g/mol. The molecule has 0 radical (unpaired) electrons. The Hall–Kier alpha value is -0.170. The van der Waals surface area contributed by atoms with Gasteiger partial charge in [-0.2, -0.15) is 0 Å². The van der Waals surface area contributed by atoms with Crippen molar-refractivity contribution >= 4 is 10.0 Å². The van der Waals surface area contributed by atoms with Crippen LogP contribution in [0.3, 0.4) is 0 Å². The molecule has 2 N–H and O–H groups in total. The lowest BCUT2D eigenvalue weighted by atomic mass is 10.3. The summed E-state index contributed by atoms with van der Waals surface area (Å²) < 4.78 is 30.5. The monoisotopic (exact) mass is 236 g/mol. The van der Waals surface area contributed by atoms with E-state index in [4.69, 9.17) is 4.74 Å². The largest absolute Gasteiger partial charge is 0.385 e. The molecule has 15 heavy (non-hydrogen) atoms. The Labute approximate surface area is 91.6 Å². The van der Waals surface area contributed by atoms with Crippen molar-refractivity contribution in [2.45, 2.75) is 25.3 Å². The second-order valence-corrected chi connectivity index (χ2v) is 5.67. The number of hydrogen-bond acceptors (Lipinski definition) is 4. The molecule has 1 atom stereocenters. The zero-order valence-electron chi connectivity index (χ0n) is 9.16. The van der Waals surface area contributed by atoms with Crippen LogP contribution in [0.25, 0.3) is 0 Å². The molecular formula is C9H20N2O3S. The summed E-state index contributed by atoms with van der Waals surface area (Å²) >= 11 is 0. The second kappa shape index (κ2) is 6.42. The molecule has 0 aromatic rings. The van der Waals surface area contributed by atoms with Gasteiger partial charge in [-0.15, -0.1) is 0 Å². The molecule has 1 rings (SSSR count). The molecule has 0 saturated carbocycles. The van der Waals surface area contributed by atoms with Gasteiger partial charge in [-0.1, -0.05) is 0 Å². The van der Waals surface area contributed by atoms with E-state index < -0.39 is 10.0 Å². The molecular weight excluding hydrogens is 216 g/mol. The van der Waals surface area contributed by atoms with Gasteiger partial charge in [0.2, 0.25) is 10.0 Å². The zero-order valence-corrected chi connectivity index (χ0v) is 9.98. The zero-order chi connectivity index (χ0) is 11.1. The Morgan fingerprint density at radius 3 is 2.93 bits per heavy atom. The van der Waals surface area contributed by atoms with Gasteiger partial charge < -0.3 is 10.1 Å². The number of ether oxygens (including phenoxy) is 1. The summed E-state index contributed by atoms with van der Waals surface area (Å²) in [5.41, 5.74) is 0. The lowest BCUT2D eigenvalue weighted by Gasteiger charge is -2.11. The Kier molecular flexibility index (Phi) is 5.52. The molecule has 5 nitrogen and oxygen atoms in total. The van der Waals surface area contributed by atoms with Crippen LogP contribution in [-0.4, -0.2) is 47.0 Å². The van der Waals surface area contributed by atoms with Crippen molar-refractivity contribution in [3.8, 4) is 0 Å². The van der Waals surface area contributed by atoms with Gasteiger partial charge >= 0.3 is 0 Å². The van der Waals surface area contributed by atoms with E-state index in [0.29, 0.717) is 19.6 Å².